The minimum Gasteiger partial charge on any atom is -0.475 e. The van der Waals surface area contributed by atoms with Gasteiger partial charge in [-0.05, 0) is 12.5 Å². The van der Waals surface area contributed by atoms with Gasteiger partial charge in [-0.1, -0.05) is 25.1 Å². The lowest BCUT2D eigenvalue weighted by atomic mass is 10.1. The lowest BCUT2D eigenvalue weighted by Crippen LogP contribution is -2.14. The van der Waals surface area contributed by atoms with Crippen LogP contribution in [0.5, 0.6) is 0 Å². The number of aryl methyl sites for hydroxylation is 1. The van der Waals surface area contributed by atoms with Gasteiger partial charge in [-0.25, -0.2) is 4.79 Å². The molecule has 16 heavy (non-hydrogen) atoms. The molecule has 0 amide bonds. The Labute approximate surface area is 91.9 Å². The van der Waals surface area contributed by atoms with Crippen LogP contribution >= 0.6 is 0 Å². The van der Waals surface area contributed by atoms with Crippen LogP contribution in [0.25, 0.3) is 10.9 Å². The van der Waals surface area contributed by atoms with E-state index < -0.39 is 11.8 Å². The second-order valence-corrected chi connectivity index (χ2v) is 3.51. The molecule has 0 aliphatic carbocycles. The van der Waals surface area contributed by atoms with Crippen LogP contribution in [0.4, 0.5) is 0 Å². The van der Waals surface area contributed by atoms with Crippen molar-refractivity contribution in [2.75, 3.05) is 0 Å². The third-order valence-electron chi connectivity index (χ3n) is 2.56. The number of carboxylic acid groups (broad SMARTS) is 1. The first kappa shape index (κ1) is 10.4. The average molecular weight is 217 g/mol. The number of benzene rings is 1. The fourth-order valence-electron chi connectivity index (χ4n) is 1.83. The molecule has 2 N–H and O–H groups in total. The molecule has 0 spiro atoms. The highest BCUT2D eigenvalue weighted by molar-refractivity contribution is 6.42. The first-order valence-corrected chi connectivity index (χ1v) is 5.02. The summed E-state index contributed by atoms with van der Waals surface area (Å²) in [5, 5.41) is 9.44. The van der Waals surface area contributed by atoms with Crippen LogP contribution in [0.1, 0.15) is 23.0 Å². The molecule has 1 aromatic heterocycles. The van der Waals surface area contributed by atoms with Gasteiger partial charge in [0.2, 0.25) is 0 Å². The summed E-state index contributed by atoms with van der Waals surface area (Å²) in [5.74, 6) is -2.27. The van der Waals surface area contributed by atoms with Gasteiger partial charge in [0, 0.05) is 16.6 Å². The lowest BCUT2D eigenvalue weighted by molar-refractivity contribution is -0.131. The third kappa shape index (κ3) is 1.48. The Kier molecular flexibility index (Phi) is 2.48. The van der Waals surface area contributed by atoms with Gasteiger partial charge in [0.1, 0.15) is 0 Å². The Hall–Kier alpha value is -2.10. The number of aromatic nitrogens is 1. The monoisotopic (exact) mass is 217 g/mol. The van der Waals surface area contributed by atoms with E-state index in [1.54, 1.807) is 12.1 Å². The molecule has 2 aromatic rings. The van der Waals surface area contributed by atoms with E-state index in [0.29, 0.717) is 17.5 Å². The smallest absolute Gasteiger partial charge is 0.377 e. The number of hydrogen-bond acceptors (Lipinski definition) is 2. The van der Waals surface area contributed by atoms with E-state index in [4.69, 9.17) is 5.11 Å². The number of carbonyl (C=O) groups is 2. The fourth-order valence-corrected chi connectivity index (χ4v) is 1.83. The largest absolute Gasteiger partial charge is 0.475 e. The molecule has 1 aromatic carbocycles. The van der Waals surface area contributed by atoms with E-state index in [2.05, 4.69) is 4.98 Å². The number of fused-ring (bicyclic) bond motifs is 1. The van der Waals surface area contributed by atoms with Crippen molar-refractivity contribution in [3.8, 4) is 0 Å². The first-order valence-electron chi connectivity index (χ1n) is 5.02. The maximum absolute atomic E-state index is 11.6. The van der Waals surface area contributed by atoms with Gasteiger partial charge >= 0.3 is 5.97 Å². The highest BCUT2D eigenvalue weighted by Crippen LogP contribution is 2.23. The number of Topliss-reactive ketones (excluding diaryl/α,β-unsaturated/α-hetero) is 1. The maximum atomic E-state index is 11.6. The summed E-state index contributed by atoms with van der Waals surface area (Å²) in [6, 6.07) is 7.20. The van der Waals surface area contributed by atoms with Crippen LogP contribution in [0.2, 0.25) is 0 Å². The van der Waals surface area contributed by atoms with E-state index >= 15 is 0 Å². The zero-order valence-electron chi connectivity index (χ0n) is 8.78. The van der Waals surface area contributed by atoms with E-state index in [-0.39, 0.29) is 5.56 Å². The number of nitrogens with one attached hydrogen (secondary N) is 1. The highest BCUT2D eigenvalue weighted by atomic mass is 16.4. The van der Waals surface area contributed by atoms with Gasteiger partial charge in [-0.15, -0.1) is 0 Å². The zero-order valence-corrected chi connectivity index (χ0v) is 8.78. The highest BCUT2D eigenvalue weighted by Gasteiger charge is 2.22. The van der Waals surface area contributed by atoms with Gasteiger partial charge in [0.25, 0.3) is 5.78 Å². The van der Waals surface area contributed by atoms with Crippen molar-refractivity contribution in [2.45, 2.75) is 13.3 Å². The molecule has 4 heteroatoms. The Morgan fingerprint density at radius 3 is 2.62 bits per heavy atom. The number of aliphatic carboxylic acids is 1. The zero-order chi connectivity index (χ0) is 11.7. The fraction of sp³-hybridized carbons (Fsp3) is 0.167. The van der Waals surface area contributed by atoms with E-state index in [1.807, 2.05) is 19.1 Å². The molecule has 82 valence electrons. The van der Waals surface area contributed by atoms with Crippen molar-refractivity contribution in [1.29, 1.82) is 0 Å². The number of H-pyrrole nitrogens is 1. The summed E-state index contributed by atoms with van der Waals surface area (Å²) in [4.78, 5) is 25.4. The van der Waals surface area contributed by atoms with Crippen LogP contribution < -0.4 is 0 Å². The molecule has 1 heterocycles. The van der Waals surface area contributed by atoms with Gasteiger partial charge in [0.05, 0.1) is 5.56 Å². The van der Waals surface area contributed by atoms with Gasteiger partial charge in [-0.2, -0.15) is 0 Å². The van der Waals surface area contributed by atoms with E-state index in [1.165, 1.54) is 0 Å². The molecule has 0 bridgehead atoms. The molecule has 4 nitrogen and oxygen atoms in total. The van der Waals surface area contributed by atoms with Crippen LogP contribution in [-0.2, 0) is 11.2 Å². The molecular weight excluding hydrogens is 206 g/mol. The van der Waals surface area contributed by atoms with E-state index in [0.717, 1.165) is 5.52 Å². The van der Waals surface area contributed by atoms with Gasteiger partial charge < -0.3 is 10.1 Å². The summed E-state index contributed by atoms with van der Waals surface area (Å²) in [6.07, 6.45) is 0.600. The lowest BCUT2D eigenvalue weighted by Gasteiger charge is -1.97. The average Bonchev–Trinajstić information content (AvgIpc) is 2.66. The molecule has 0 radical (unpaired) electrons. The Balaban J connectivity index is 2.74. The minimum atomic E-state index is -1.42. The molecule has 0 atom stereocenters. The number of ketones is 1. The van der Waals surface area contributed by atoms with Crippen LogP contribution in [-0.4, -0.2) is 21.8 Å². The number of hydrogen-bond donors (Lipinski definition) is 2. The normalized spacial score (nSPS) is 10.6. The maximum Gasteiger partial charge on any atom is 0.377 e. The Morgan fingerprint density at radius 1 is 1.31 bits per heavy atom. The standard InChI is InChI=1S/C12H11NO3/c1-2-8-10(11(14)12(15)16)7-5-3-4-6-9(7)13-8/h3-6,13H,2H2,1H3,(H,15,16). The molecule has 0 aliphatic rings. The third-order valence-corrected chi connectivity index (χ3v) is 2.56. The topological polar surface area (TPSA) is 70.2 Å². The van der Waals surface area contributed by atoms with Crippen molar-refractivity contribution in [1.82, 2.24) is 4.98 Å². The van der Waals surface area contributed by atoms with Crippen LogP contribution in [0.15, 0.2) is 24.3 Å². The minimum absolute atomic E-state index is 0.283. The number of carbonyl (C=O) groups excluding carboxylic acids is 1. The second-order valence-electron chi connectivity index (χ2n) is 3.51. The quantitative estimate of drug-likeness (QED) is 0.610. The summed E-state index contributed by atoms with van der Waals surface area (Å²) in [6.45, 7) is 1.88. The summed E-state index contributed by atoms with van der Waals surface area (Å²) < 4.78 is 0. The first-order chi connectivity index (χ1) is 7.65. The van der Waals surface area contributed by atoms with Crippen molar-refractivity contribution < 1.29 is 14.7 Å². The Morgan fingerprint density at radius 2 is 2.00 bits per heavy atom. The van der Waals surface area contributed by atoms with Gasteiger partial charge in [-0.3, -0.25) is 4.79 Å². The SMILES string of the molecule is CCc1[nH]c2ccccc2c1C(=O)C(=O)O. The summed E-state index contributed by atoms with van der Waals surface area (Å²) >= 11 is 0. The van der Waals surface area contributed by atoms with Crippen molar-refractivity contribution in [3.05, 3.63) is 35.5 Å². The number of aromatic amines is 1. The van der Waals surface area contributed by atoms with Gasteiger partial charge in [0.15, 0.2) is 0 Å². The molecule has 0 unspecified atom stereocenters. The van der Waals surface area contributed by atoms with Crippen LogP contribution in [0, 0.1) is 0 Å². The predicted octanol–water partition coefficient (Wildman–Crippen LogP) is 2.00. The molecule has 0 fully saturated rings. The molecule has 0 aliphatic heterocycles. The van der Waals surface area contributed by atoms with Crippen molar-refractivity contribution >= 4 is 22.7 Å². The van der Waals surface area contributed by atoms with Crippen molar-refractivity contribution in [2.24, 2.45) is 0 Å². The number of para-hydroxylation sites is 1. The predicted molar refractivity (Wildman–Crippen MR) is 59.6 cm³/mol. The molecular formula is C12H11NO3. The number of rotatable bonds is 3. The van der Waals surface area contributed by atoms with Crippen molar-refractivity contribution in [3.63, 3.8) is 0 Å². The molecule has 2 rings (SSSR count). The number of carboxylic acids is 1. The second kappa shape index (κ2) is 3.81. The van der Waals surface area contributed by atoms with E-state index in [9.17, 15) is 9.59 Å². The Bertz CT molecular complexity index is 569. The summed E-state index contributed by atoms with van der Waals surface area (Å²) in [7, 11) is 0. The van der Waals surface area contributed by atoms with Crippen LogP contribution in [0.3, 0.4) is 0 Å². The molecule has 0 saturated heterocycles. The molecule has 0 saturated carbocycles. The summed E-state index contributed by atoms with van der Waals surface area (Å²) in [5.41, 5.74) is 1.75.